The zero-order valence-electron chi connectivity index (χ0n) is 9.45. The van der Waals surface area contributed by atoms with E-state index >= 15 is 0 Å². The highest BCUT2D eigenvalue weighted by atomic mass is 127. The van der Waals surface area contributed by atoms with E-state index in [4.69, 9.17) is 0 Å². The number of hydrogen-bond donors (Lipinski definition) is 2. The maximum absolute atomic E-state index is 13.4. The second kappa shape index (κ2) is 5.52. The number of phenolic OH excluding ortho intramolecular Hbond substituents is 1. The SMILES string of the molecule is O=C(Nc1ccc(I)cc1O)c1c(F)cccc1F. The molecule has 98 valence electrons. The van der Waals surface area contributed by atoms with Gasteiger partial charge < -0.3 is 10.4 Å². The fourth-order valence-corrected chi connectivity index (χ4v) is 1.98. The molecule has 0 spiro atoms. The second-order valence-electron chi connectivity index (χ2n) is 3.71. The molecular formula is C13H8F2INO2. The van der Waals surface area contributed by atoms with Crippen LogP contribution in [0.1, 0.15) is 10.4 Å². The first-order chi connectivity index (χ1) is 8.99. The largest absolute Gasteiger partial charge is 0.506 e. The van der Waals surface area contributed by atoms with Crippen LogP contribution in [-0.2, 0) is 0 Å². The summed E-state index contributed by atoms with van der Waals surface area (Å²) in [5.41, 5.74) is -0.589. The number of carbonyl (C=O) groups excluding carboxylic acids is 1. The minimum absolute atomic E-state index is 0.0908. The molecule has 6 heteroatoms. The third kappa shape index (κ3) is 3.01. The van der Waals surface area contributed by atoms with Gasteiger partial charge in [-0.2, -0.15) is 0 Å². The van der Waals surface area contributed by atoms with Crippen molar-refractivity contribution in [3.63, 3.8) is 0 Å². The molecule has 0 aromatic heterocycles. The molecule has 3 nitrogen and oxygen atoms in total. The fourth-order valence-electron chi connectivity index (χ4n) is 1.51. The average Bonchev–Trinajstić information content (AvgIpc) is 2.32. The number of phenols is 1. The van der Waals surface area contributed by atoms with Crippen molar-refractivity contribution in [1.29, 1.82) is 0 Å². The summed E-state index contributed by atoms with van der Waals surface area (Å²) in [6.45, 7) is 0. The Morgan fingerprint density at radius 1 is 1.16 bits per heavy atom. The van der Waals surface area contributed by atoms with Crippen molar-refractivity contribution in [3.05, 3.63) is 57.2 Å². The van der Waals surface area contributed by atoms with Crippen molar-refractivity contribution in [2.75, 3.05) is 5.32 Å². The van der Waals surface area contributed by atoms with Crippen LogP contribution >= 0.6 is 22.6 Å². The minimum Gasteiger partial charge on any atom is -0.506 e. The van der Waals surface area contributed by atoms with Gasteiger partial charge in [0.2, 0.25) is 0 Å². The van der Waals surface area contributed by atoms with Crippen LogP contribution in [-0.4, -0.2) is 11.0 Å². The molecule has 19 heavy (non-hydrogen) atoms. The van der Waals surface area contributed by atoms with Gasteiger partial charge in [0.05, 0.1) is 5.69 Å². The van der Waals surface area contributed by atoms with Crippen molar-refractivity contribution >= 4 is 34.2 Å². The molecule has 2 aromatic rings. The number of benzene rings is 2. The molecule has 0 aliphatic carbocycles. The lowest BCUT2D eigenvalue weighted by Gasteiger charge is -2.08. The summed E-state index contributed by atoms with van der Waals surface area (Å²) in [6.07, 6.45) is 0. The van der Waals surface area contributed by atoms with Gasteiger partial charge in [0.1, 0.15) is 22.9 Å². The van der Waals surface area contributed by atoms with Crippen molar-refractivity contribution in [3.8, 4) is 5.75 Å². The number of nitrogens with one attached hydrogen (secondary N) is 1. The van der Waals surface area contributed by atoms with E-state index in [0.717, 1.165) is 15.7 Å². The fraction of sp³-hybridized carbons (Fsp3) is 0. The van der Waals surface area contributed by atoms with Crippen molar-refractivity contribution in [1.82, 2.24) is 0 Å². The summed E-state index contributed by atoms with van der Waals surface area (Å²) in [7, 11) is 0. The minimum atomic E-state index is -0.956. The number of hydrogen-bond acceptors (Lipinski definition) is 2. The van der Waals surface area contributed by atoms with Crippen LogP contribution in [0.5, 0.6) is 5.75 Å². The van der Waals surface area contributed by atoms with Gasteiger partial charge in [-0.3, -0.25) is 4.79 Å². The summed E-state index contributed by atoms with van der Waals surface area (Å²) in [5.74, 6) is -3.03. The van der Waals surface area contributed by atoms with E-state index in [1.807, 2.05) is 22.6 Å². The Kier molecular flexibility index (Phi) is 3.98. The van der Waals surface area contributed by atoms with E-state index < -0.39 is 23.1 Å². The smallest absolute Gasteiger partial charge is 0.261 e. The average molecular weight is 375 g/mol. The van der Waals surface area contributed by atoms with Gasteiger partial charge in [0.25, 0.3) is 5.91 Å². The molecule has 0 fully saturated rings. The Morgan fingerprint density at radius 2 is 1.79 bits per heavy atom. The first kappa shape index (κ1) is 13.7. The molecule has 0 bridgehead atoms. The Balaban J connectivity index is 2.31. The molecule has 2 aromatic carbocycles. The standard InChI is InChI=1S/C13H8F2INO2/c14-8-2-1-3-9(15)12(8)13(19)17-10-5-4-7(16)6-11(10)18/h1-6,18H,(H,17,19). The Labute approximate surface area is 121 Å². The molecule has 0 aliphatic heterocycles. The molecule has 1 amide bonds. The lowest BCUT2D eigenvalue weighted by Crippen LogP contribution is -2.15. The maximum Gasteiger partial charge on any atom is 0.261 e. The highest BCUT2D eigenvalue weighted by Gasteiger charge is 2.18. The molecule has 0 heterocycles. The number of rotatable bonds is 2. The molecule has 0 aliphatic rings. The third-order valence-electron chi connectivity index (χ3n) is 2.40. The number of carbonyl (C=O) groups is 1. The lowest BCUT2D eigenvalue weighted by molar-refractivity contribution is 0.101. The first-order valence-electron chi connectivity index (χ1n) is 5.23. The number of aromatic hydroxyl groups is 1. The molecule has 2 rings (SSSR count). The van der Waals surface area contributed by atoms with Crippen molar-refractivity contribution in [2.24, 2.45) is 0 Å². The predicted octanol–water partition coefficient (Wildman–Crippen LogP) is 3.53. The van der Waals surface area contributed by atoms with E-state index in [9.17, 15) is 18.7 Å². The van der Waals surface area contributed by atoms with E-state index in [1.165, 1.54) is 18.2 Å². The highest BCUT2D eigenvalue weighted by molar-refractivity contribution is 14.1. The summed E-state index contributed by atoms with van der Waals surface area (Å²) in [4.78, 5) is 11.8. The van der Waals surface area contributed by atoms with E-state index in [0.29, 0.717) is 0 Å². The molecular weight excluding hydrogens is 367 g/mol. The molecule has 0 saturated carbocycles. The van der Waals surface area contributed by atoms with Gasteiger partial charge in [-0.25, -0.2) is 8.78 Å². The summed E-state index contributed by atoms with van der Waals surface area (Å²) >= 11 is 1.99. The van der Waals surface area contributed by atoms with Crippen molar-refractivity contribution in [2.45, 2.75) is 0 Å². The van der Waals surface area contributed by atoms with E-state index in [2.05, 4.69) is 5.32 Å². The first-order valence-corrected chi connectivity index (χ1v) is 6.31. The maximum atomic E-state index is 13.4. The Morgan fingerprint density at radius 3 is 2.37 bits per heavy atom. The molecule has 0 atom stereocenters. The number of halogens is 3. The highest BCUT2D eigenvalue weighted by Crippen LogP contribution is 2.26. The number of amides is 1. The van der Waals surface area contributed by atoms with E-state index in [-0.39, 0.29) is 11.4 Å². The topological polar surface area (TPSA) is 49.3 Å². The molecule has 2 N–H and O–H groups in total. The second-order valence-corrected chi connectivity index (χ2v) is 4.96. The Bertz CT molecular complexity index is 626. The van der Waals surface area contributed by atoms with E-state index in [1.54, 1.807) is 6.07 Å². The third-order valence-corrected chi connectivity index (χ3v) is 3.07. The van der Waals surface area contributed by atoms with Crippen LogP contribution in [0.15, 0.2) is 36.4 Å². The van der Waals surface area contributed by atoms with Crippen LogP contribution in [0.3, 0.4) is 0 Å². The van der Waals surface area contributed by atoms with Crippen LogP contribution in [0, 0.1) is 15.2 Å². The van der Waals surface area contributed by atoms with Crippen LogP contribution < -0.4 is 5.32 Å². The van der Waals surface area contributed by atoms with Crippen LogP contribution in [0.2, 0.25) is 0 Å². The monoisotopic (exact) mass is 375 g/mol. The van der Waals surface area contributed by atoms with Crippen molar-refractivity contribution < 1.29 is 18.7 Å². The van der Waals surface area contributed by atoms with Gasteiger partial charge in [-0.05, 0) is 52.9 Å². The van der Waals surface area contributed by atoms with Crippen LogP contribution in [0.4, 0.5) is 14.5 Å². The summed E-state index contributed by atoms with van der Waals surface area (Å²) in [6, 6.07) is 7.68. The van der Waals surface area contributed by atoms with Gasteiger partial charge in [0.15, 0.2) is 0 Å². The molecule has 0 unspecified atom stereocenters. The van der Waals surface area contributed by atoms with Gasteiger partial charge in [0, 0.05) is 3.57 Å². The number of anilines is 1. The van der Waals surface area contributed by atoms with Gasteiger partial charge in [-0.1, -0.05) is 6.07 Å². The zero-order chi connectivity index (χ0) is 14.0. The molecule has 0 saturated heterocycles. The summed E-state index contributed by atoms with van der Waals surface area (Å²) < 4.78 is 27.6. The normalized spacial score (nSPS) is 10.3. The lowest BCUT2D eigenvalue weighted by atomic mass is 10.1. The molecule has 0 radical (unpaired) electrons. The quantitative estimate of drug-likeness (QED) is 0.624. The van der Waals surface area contributed by atoms with Crippen LogP contribution in [0.25, 0.3) is 0 Å². The predicted molar refractivity (Wildman–Crippen MR) is 75.1 cm³/mol. The van der Waals surface area contributed by atoms with Gasteiger partial charge in [-0.15, -0.1) is 0 Å². The van der Waals surface area contributed by atoms with Gasteiger partial charge >= 0.3 is 0 Å². The Hall–Kier alpha value is -1.70. The zero-order valence-corrected chi connectivity index (χ0v) is 11.6. The summed E-state index contributed by atoms with van der Waals surface area (Å²) in [5, 5.41) is 11.9.